The molecule has 1 fully saturated rings. The molecule has 2 aromatic heterocycles. The van der Waals surface area contributed by atoms with Gasteiger partial charge in [-0.15, -0.1) is 0 Å². The van der Waals surface area contributed by atoms with Crippen molar-refractivity contribution in [3.63, 3.8) is 0 Å². The van der Waals surface area contributed by atoms with Gasteiger partial charge in [-0.25, -0.2) is 14.8 Å². The molecule has 34 heavy (non-hydrogen) atoms. The van der Waals surface area contributed by atoms with Crippen LogP contribution in [0.5, 0.6) is 0 Å². The van der Waals surface area contributed by atoms with Crippen molar-refractivity contribution in [2.75, 3.05) is 23.7 Å². The highest BCUT2D eigenvalue weighted by atomic mass is 19.4. The van der Waals surface area contributed by atoms with Gasteiger partial charge in [0.25, 0.3) is 0 Å². The minimum absolute atomic E-state index is 0.0591. The molecule has 12 heteroatoms. The molecule has 1 unspecified atom stereocenters. The maximum Gasteiger partial charge on any atom is 0.417 e. The van der Waals surface area contributed by atoms with Crippen LogP contribution in [0, 0.1) is 0 Å². The Balaban J connectivity index is 1.69. The van der Waals surface area contributed by atoms with Crippen LogP contribution in [-0.4, -0.2) is 44.9 Å². The third kappa shape index (κ3) is 4.91. The molecule has 0 aliphatic carbocycles. The molecule has 1 aromatic carbocycles. The molecule has 1 saturated heterocycles. The van der Waals surface area contributed by atoms with Crippen LogP contribution in [0.25, 0.3) is 11.3 Å². The van der Waals surface area contributed by atoms with Crippen molar-refractivity contribution in [1.82, 2.24) is 19.9 Å². The fourth-order valence-corrected chi connectivity index (χ4v) is 3.99. The number of nitrogens with two attached hydrogens (primary N) is 2. The summed E-state index contributed by atoms with van der Waals surface area (Å²) in [5.74, 6) is -0.836. The lowest BCUT2D eigenvalue weighted by Crippen LogP contribution is -2.43. The number of nitrogens with zero attached hydrogens (tertiary/aromatic N) is 4. The van der Waals surface area contributed by atoms with Gasteiger partial charge < -0.3 is 21.4 Å². The van der Waals surface area contributed by atoms with E-state index in [2.05, 4.69) is 19.9 Å². The van der Waals surface area contributed by atoms with Gasteiger partial charge in [0.1, 0.15) is 5.69 Å². The Hall–Kier alpha value is -3.80. The average molecular weight is 473 g/mol. The number of aromatic amines is 1. The summed E-state index contributed by atoms with van der Waals surface area (Å²) in [6.07, 6.45) is -0.755. The molecule has 1 atom stereocenters. The van der Waals surface area contributed by atoms with E-state index < -0.39 is 23.2 Å². The fourth-order valence-electron chi connectivity index (χ4n) is 3.99. The number of carbonyl (C=O) groups excluding carboxylic acids is 1. The number of alkyl halides is 3. The molecule has 0 bridgehead atoms. The van der Waals surface area contributed by atoms with Crippen LogP contribution in [-0.2, 0) is 12.6 Å². The largest absolute Gasteiger partial charge is 0.417 e. The standard InChI is InChI=1S/C22H22F3N7O2/c23-22(24,25)14-6-2-1-5-13(14)16-9-28-20(27)19(30-16)18(33)8-15-17(10-29-21(34)31-15)32-7-3-4-12(26)11-32/h1-2,5-6,9-10,12H,3-4,7-8,11,26H2,(H2,27,28)(H,29,31,34). The van der Waals surface area contributed by atoms with Crippen molar-refractivity contribution < 1.29 is 18.0 Å². The average Bonchev–Trinajstić information content (AvgIpc) is 2.79. The molecule has 178 valence electrons. The second-order valence-corrected chi connectivity index (χ2v) is 8.03. The molecule has 5 N–H and O–H groups in total. The smallest absolute Gasteiger partial charge is 0.382 e. The number of carbonyl (C=O) groups is 1. The Bertz CT molecular complexity index is 1280. The highest BCUT2D eigenvalue weighted by molar-refractivity contribution is 6.00. The van der Waals surface area contributed by atoms with Crippen molar-refractivity contribution in [2.45, 2.75) is 31.5 Å². The van der Waals surface area contributed by atoms with E-state index in [0.29, 0.717) is 24.5 Å². The molecule has 0 saturated carbocycles. The number of nitrogen functional groups attached to an aromatic ring is 1. The van der Waals surface area contributed by atoms with Crippen LogP contribution in [0.15, 0.2) is 41.5 Å². The van der Waals surface area contributed by atoms with Gasteiger partial charge in [-0.2, -0.15) is 18.2 Å². The maximum atomic E-state index is 13.5. The summed E-state index contributed by atoms with van der Waals surface area (Å²) >= 11 is 0. The molecule has 0 radical (unpaired) electrons. The Morgan fingerprint density at radius 3 is 2.71 bits per heavy atom. The first-order valence-corrected chi connectivity index (χ1v) is 10.5. The molecule has 3 aromatic rings. The number of ketones is 1. The predicted molar refractivity (Wildman–Crippen MR) is 119 cm³/mol. The molecule has 1 aliphatic heterocycles. The minimum atomic E-state index is -4.62. The van der Waals surface area contributed by atoms with Gasteiger partial charge in [-0.3, -0.25) is 4.79 Å². The summed E-state index contributed by atoms with van der Waals surface area (Å²) in [7, 11) is 0. The Labute approximate surface area is 192 Å². The van der Waals surface area contributed by atoms with E-state index in [1.807, 2.05) is 4.90 Å². The number of benzene rings is 1. The number of halogens is 3. The lowest BCUT2D eigenvalue weighted by atomic mass is 10.0. The van der Waals surface area contributed by atoms with Crippen LogP contribution in [0.1, 0.15) is 34.6 Å². The van der Waals surface area contributed by atoms with Crippen LogP contribution in [0.2, 0.25) is 0 Å². The topological polar surface area (TPSA) is 144 Å². The zero-order chi connectivity index (χ0) is 24.5. The van der Waals surface area contributed by atoms with E-state index >= 15 is 0 Å². The number of anilines is 2. The van der Waals surface area contributed by atoms with E-state index in [1.165, 1.54) is 24.4 Å². The Morgan fingerprint density at radius 1 is 1.21 bits per heavy atom. The van der Waals surface area contributed by atoms with Crippen molar-refractivity contribution in [3.05, 3.63) is 64.1 Å². The van der Waals surface area contributed by atoms with E-state index in [1.54, 1.807) is 0 Å². The van der Waals surface area contributed by atoms with Gasteiger partial charge in [-0.05, 0) is 18.9 Å². The quantitative estimate of drug-likeness (QED) is 0.479. The van der Waals surface area contributed by atoms with Gasteiger partial charge in [-0.1, -0.05) is 18.2 Å². The fraction of sp³-hybridized carbons (Fsp3) is 0.318. The van der Waals surface area contributed by atoms with Gasteiger partial charge >= 0.3 is 11.9 Å². The number of rotatable bonds is 5. The van der Waals surface area contributed by atoms with Crippen molar-refractivity contribution in [3.8, 4) is 11.3 Å². The molecule has 1 aliphatic rings. The predicted octanol–water partition coefficient (Wildman–Crippen LogP) is 2.18. The van der Waals surface area contributed by atoms with E-state index in [0.717, 1.165) is 25.1 Å². The molecular weight excluding hydrogens is 451 g/mol. The Kier molecular flexibility index (Phi) is 6.33. The molecule has 4 rings (SSSR count). The summed E-state index contributed by atoms with van der Waals surface area (Å²) in [6.45, 7) is 1.20. The van der Waals surface area contributed by atoms with E-state index in [9.17, 15) is 22.8 Å². The van der Waals surface area contributed by atoms with Crippen LogP contribution < -0.4 is 22.1 Å². The van der Waals surface area contributed by atoms with Gasteiger partial charge in [0.15, 0.2) is 11.6 Å². The number of hydrogen-bond donors (Lipinski definition) is 3. The lowest BCUT2D eigenvalue weighted by molar-refractivity contribution is -0.137. The molecule has 9 nitrogen and oxygen atoms in total. The van der Waals surface area contributed by atoms with Crippen LogP contribution >= 0.6 is 0 Å². The third-order valence-electron chi connectivity index (χ3n) is 5.58. The van der Waals surface area contributed by atoms with Gasteiger partial charge in [0, 0.05) is 24.7 Å². The summed E-state index contributed by atoms with van der Waals surface area (Å²) in [4.78, 5) is 41.3. The van der Waals surface area contributed by atoms with E-state index in [4.69, 9.17) is 11.5 Å². The normalized spacial score (nSPS) is 16.5. The van der Waals surface area contributed by atoms with Crippen molar-refractivity contribution >= 4 is 17.3 Å². The maximum absolute atomic E-state index is 13.5. The van der Waals surface area contributed by atoms with Crippen molar-refractivity contribution in [1.29, 1.82) is 0 Å². The number of Topliss-reactive ketones (excluding diaryl/α,β-unsaturated/α-hetero) is 1. The number of H-pyrrole nitrogens is 1. The number of piperidine rings is 1. The third-order valence-corrected chi connectivity index (χ3v) is 5.58. The zero-order valence-corrected chi connectivity index (χ0v) is 18.0. The highest BCUT2D eigenvalue weighted by Gasteiger charge is 2.34. The highest BCUT2D eigenvalue weighted by Crippen LogP contribution is 2.36. The molecule has 0 spiro atoms. The lowest BCUT2D eigenvalue weighted by Gasteiger charge is -2.33. The summed E-state index contributed by atoms with van der Waals surface area (Å²) < 4.78 is 40.4. The summed E-state index contributed by atoms with van der Waals surface area (Å²) in [5, 5.41) is 0. The first-order valence-electron chi connectivity index (χ1n) is 10.5. The number of nitrogens with one attached hydrogen (secondary N) is 1. The SMILES string of the molecule is Nc1ncc(-c2ccccc2C(F)(F)F)nc1C(=O)Cc1[nH]c(=O)ncc1N1CCCC(N)C1. The number of hydrogen-bond acceptors (Lipinski definition) is 8. The van der Waals surface area contributed by atoms with Gasteiger partial charge in [0.05, 0.1) is 41.5 Å². The molecule has 0 amide bonds. The first-order chi connectivity index (χ1) is 16.1. The second kappa shape index (κ2) is 9.21. The summed E-state index contributed by atoms with van der Waals surface area (Å²) in [5.41, 5.74) is 10.5. The molecular formula is C22H22F3N7O2. The number of aromatic nitrogens is 4. The van der Waals surface area contributed by atoms with Gasteiger partial charge in [0.2, 0.25) is 0 Å². The van der Waals surface area contributed by atoms with E-state index in [-0.39, 0.29) is 35.2 Å². The monoisotopic (exact) mass is 473 g/mol. The first kappa shape index (κ1) is 23.4. The molecule has 3 heterocycles. The summed E-state index contributed by atoms with van der Waals surface area (Å²) in [6, 6.07) is 4.80. The van der Waals surface area contributed by atoms with Crippen molar-refractivity contribution in [2.24, 2.45) is 5.73 Å². The second-order valence-electron chi connectivity index (χ2n) is 8.03. The van der Waals surface area contributed by atoms with Crippen LogP contribution in [0.3, 0.4) is 0 Å². The van der Waals surface area contributed by atoms with Crippen LogP contribution in [0.4, 0.5) is 24.7 Å². The zero-order valence-electron chi connectivity index (χ0n) is 18.0. The Morgan fingerprint density at radius 2 is 1.97 bits per heavy atom. The minimum Gasteiger partial charge on any atom is -0.382 e.